The number of carbonyl (C=O) groups excluding carboxylic acids is 2. The molecule has 0 spiro atoms. The quantitative estimate of drug-likeness (QED) is 0.798. The maximum Gasteiger partial charge on any atom is 0.287 e. The van der Waals surface area contributed by atoms with Crippen molar-refractivity contribution in [2.75, 3.05) is 11.4 Å². The van der Waals surface area contributed by atoms with Crippen LogP contribution in [0.1, 0.15) is 17.0 Å². The first-order valence-corrected chi connectivity index (χ1v) is 7.95. The highest BCUT2D eigenvalue weighted by molar-refractivity contribution is 5.99. The van der Waals surface area contributed by atoms with E-state index >= 15 is 0 Å². The van der Waals surface area contributed by atoms with Gasteiger partial charge in [-0.15, -0.1) is 0 Å². The van der Waals surface area contributed by atoms with Crippen LogP contribution in [-0.2, 0) is 4.79 Å². The van der Waals surface area contributed by atoms with Crippen LogP contribution < -0.4 is 10.2 Å². The second kappa shape index (κ2) is 6.05. The van der Waals surface area contributed by atoms with E-state index in [0.717, 1.165) is 5.39 Å². The molecule has 5 nitrogen and oxygen atoms in total. The van der Waals surface area contributed by atoms with Gasteiger partial charge in [-0.1, -0.05) is 18.2 Å². The Bertz CT molecular complexity index is 916. The first-order chi connectivity index (χ1) is 12.1. The number of carbonyl (C=O) groups is 2. The lowest BCUT2D eigenvalue weighted by Gasteiger charge is -2.17. The summed E-state index contributed by atoms with van der Waals surface area (Å²) in [4.78, 5) is 26.1. The molecule has 2 amide bonds. The lowest BCUT2D eigenvalue weighted by atomic mass is 10.2. The summed E-state index contributed by atoms with van der Waals surface area (Å²) in [7, 11) is 0. The molecule has 0 bridgehead atoms. The Hall–Kier alpha value is -3.15. The molecule has 1 saturated heterocycles. The first kappa shape index (κ1) is 15.4. The van der Waals surface area contributed by atoms with Gasteiger partial charge in [0.15, 0.2) is 5.76 Å². The fourth-order valence-electron chi connectivity index (χ4n) is 3.03. The number of hydrogen-bond acceptors (Lipinski definition) is 3. The average Bonchev–Trinajstić information content (AvgIpc) is 3.19. The molecule has 6 heteroatoms. The molecule has 126 valence electrons. The number of nitrogens with zero attached hydrogens (tertiary/aromatic N) is 1. The number of halogens is 1. The standard InChI is InChI=1S/C19H15FN2O3/c20-13-5-7-15(8-6-13)22-11-14(10-18(22)23)21-19(24)17-9-12-3-1-2-4-16(12)25-17/h1-9,14H,10-11H2,(H,21,24)/t14-/m0/s1. The Labute approximate surface area is 143 Å². The van der Waals surface area contributed by atoms with Gasteiger partial charge in [0, 0.05) is 24.0 Å². The molecule has 0 saturated carbocycles. The molecule has 1 atom stereocenters. The van der Waals surface area contributed by atoms with E-state index in [0.29, 0.717) is 17.8 Å². The van der Waals surface area contributed by atoms with E-state index in [4.69, 9.17) is 4.42 Å². The van der Waals surface area contributed by atoms with Crippen LogP contribution in [0.4, 0.5) is 10.1 Å². The van der Waals surface area contributed by atoms with Gasteiger partial charge >= 0.3 is 0 Å². The molecule has 1 N–H and O–H groups in total. The van der Waals surface area contributed by atoms with Crippen molar-refractivity contribution >= 4 is 28.5 Å². The van der Waals surface area contributed by atoms with Gasteiger partial charge < -0.3 is 14.6 Å². The highest BCUT2D eigenvalue weighted by Crippen LogP contribution is 2.23. The highest BCUT2D eigenvalue weighted by atomic mass is 19.1. The van der Waals surface area contributed by atoms with Gasteiger partial charge in [0.2, 0.25) is 5.91 Å². The van der Waals surface area contributed by atoms with Crippen molar-refractivity contribution in [3.05, 3.63) is 66.2 Å². The lowest BCUT2D eigenvalue weighted by molar-refractivity contribution is -0.117. The molecule has 1 aliphatic rings. The summed E-state index contributed by atoms with van der Waals surface area (Å²) in [5, 5.41) is 3.68. The molecule has 4 rings (SSSR count). The number of para-hydroxylation sites is 1. The molecule has 0 aliphatic carbocycles. The van der Waals surface area contributed by atoms with E-state index in [1.807, 2.05) is 18.2 Å². The molecule has 0 unspecified atom stereocenters. The second-order valence-corrected chi connectivity index (χ2v) is 6.00. The Morgan fingerprint density at radius 2 is 1.92 bits per heavy atom. The lowest BCUT2D eigenvalue weighted by Crippen LogP contribution is -2.37. The predicted molar refractivity (Wildman–Crippen MR) is 90.8 cm³/mol. The smallest absolute Gasteiger partial charge is 0.287 e. The maximum atomic E-state index is 13.0. The molecule has 3 aromatic rings. The van der Waals surface area contributed by atoms with Crippen LogP contribution in [-0.4, -0.2) is 24.4 Å². The molecule has 1 aliphatic heterocycles. The van der Waals surface area contributed by atoms with Crippen LogP contribution >= 0.6 is 0 Å². The Morgan fingerprint density at radius 3 is 2.68 bits per heavy atom. The number of nitrogens with one attached hydrogen (secondary N) is 1. The summed E-state index contributed by atoms with van der Waals surface area (Å²) in [5.74, 6) is -0.601. The third kappa shape index (κ3) is 2.98. The van der Waals surface area contributed by atoms with E-state index in [9.17, 15) is 14.0 Å². The van der Waals surface area contributed by atoms with E-state index in [2.05, 4.69) is 5.32 Å². The molecular weight excluding hydrogens is 323 g/mol. The Kier molecular flexibility index (Phi) is 3.72. The van der Waals surface area contributed by atoms with E-state index < -0.39 is 0 Å². The highest BCUT2D eigenvalue weighted by Gasteiger charge is 2.32. The normalized spacial score (nSPS) is 17.2. The molecule has 1 aromatic heterocycles. The summed E-state index contributed by atoms with van der Waals surface area (Å²) >= 11 is 0. The Balaban J connectivity index is 1.47. The maximum absolute atomic E-state index is 13.0. The molecule has 1 fully saturated rings. The second-order valence-electron chi connectivity index (χ2n) is 6.00. The zero-order valence-electron chi connectivity index (χ0n) is 13.2. The van der Waals surface area contributed by atoms with Gasteiger partial charge in [0.05, 0.1) is 6.04 Å². The molecule has 2 heterocycles. The fourth-order valence-corrected chi connectivity index (χ4v) is 3.03. The monoisotopic (exact) mass is 338 g/mol. The van der Waals surface area contributed by atoms with Gasteiger partial charge in [-0.2, -0.15) is 0 Å². The topological polar surface area (TPSA) is 62.6 Å². The van der Waals surface area contributed by atoms with Crippen LogP contribution in [0.2, 0.25) is 0 Å². The van der Waals surface area contributed by atoms with Crippen LogP contribution in [0.25, 0.3) is 11.0 Å². The predicted octanol–water partition coefficient (Wildman–Crippen LogP) is 3.11. The average molecular weight is 338 g/mol. The largest absolute Gasteiger partial charge is 0.451 e. The zero-order chi connectivity index (χ0) is 17.4. The molecular formula is C19H15FN2O3. The van der Waals surface area contributed by atoms with Crippen molar-refractivity contribution in [3.63, 3.8) is 0 Å². The van der Waals surface area contributed by atoms with Crippen LogP contribution in [0, 0.1) is 5.82 Å². The summed E-state index contributed by atoms with van der Waals surface area (Å²) in [6.07, 6.45) is 0.198. The fraction of sp³-hybridized carbons (Fsp3) is 0.158. The first-order valence-electron chi connectivity index (χ1n) is 7.95. The molecule has 25 heavy (non-hydrogen) atoms. The van der Waals surface area contributed by atoms with Crippen LogP contribution in [0.3, 0.4) is 0 Å². The van der Waals surface area contributed by atoms with Gasteiger partial charge in [-0.3, -0.25) is 9.59 Å². The Morgan fingerprint density at radius 1 is 1.16 bits per heavy atom. The van der Waals surface area contributed by atoms with Gasteiger partial charge in [-0.05, 0) is 36.4 Å². The van der Waals surface area contributed by atoms with Crippen LogP contribution in [0.5, 0.6) is 0 Å². The van der Waals surface area contributed by atoms with E-state index in [-0.39, 0.29) is 35.9 Å². The van der Waals surface area contributed by atoms with Crippen molar-refractivity contribution in [2.24, 2.45) is 0 Å². The number of benzene rings is 2. The van der Waals surface area contributed by atoms with Crippen molar-refractivity contribution in [2.45, 2.75) is 12.5 Å². The van der Waals surface area contributed by atoms with Crippen molar-refractivity contribution in [1.29, 1.82) is 0 Å². The van der Waals surface area contributed by atoms with Crippen LogP contribution in [0.15, 0.2) is 59.0 Å². The van der Waals surface area contributed by atoms with Gasteiger partial charge in [-0.25, -0.2) is 4.39 Å². The summed E-state index contributed by atoms with van der Waals surface area (Å²) in [6.45, 7) is 0.344. The summed E-state index contributed by atoms with van der Waals surface area (Å²) in [6, 6.07) is 14.4. The molecule has 0 radical (unpaired) electrons. The summed E-state index contributed by atoms with van der Waals surface area (Å²) in [5.41, 5.74) is 1.26. The van der Waals surface area contributed by atoms with E-state index in [1.54, 1.807) is 29.2 Å². The SMILES string of the molecule is O=C(N[C@H]1CC(=O)N(c2ccc(F)cc2)C1)c1cc2ccccc2o1. The minimum absolute atomic E-state index is 0.110. The number of hydrogen-bond donors (Lipinski definition) is 1. The number of anilines is 1. The minimum Gasteiger partial charge on any atom is -0.451 e. The third-order valence-corrected chi connectivity index (χ3v) is 4.25. The number of furan rings is 1. The summed E-state index contributed by atoms with van der Waals surface area (Å²) < 4.78 is 18.6. The van der Waals surface area contributed by atoms with Crippen molar-refractivity contribution < 1.29 is 18.4 Å². The molecule has 2 aromatic carbocycles. The van der Waals surface area contributed by atoms with Gasteiger partial charge in [0.25, 0.3) is 5.91 Å². The van der Waals surface area contributed by atoms with Gasteiger partial charge in [0.1, 0.15) is 11.4 Å². The van der Waals surface area contributed by atoms with E-state index in [1.165, 1.54) is 12.1 Å². The number of rotatable bonds is 3. The number of fused-ring (bicyclic) bond motifs is 1. The van der Waals surface area contributed by atoms with Crippen molar-refractivity contribution in [1.82, 2.24) is 5.32 Å². The van der Waals surface area contributed by atoms with Crippen molar-refractivity contribution in [3.8, 4) is 0 Å². The minimum atomic E-state index is -0.356. The zero-order valence-corrected chi connectivity index (χ0v) is 13.2. The number of amides is 2. The third-order valence-electron chi connectivity index (χ3n) is 4.25.